The Morgan fingerprint density at radius 2 is 2.07 bits per heavy atom. The molecule has 1 aromatic rings. The monoisotopic (exact) mass is 374 g/mol. The summed E-state index contributed by atoms with van der Waals surface area (Å²) in [5.41, 5.74) is 0.654. The number of carbonyl (C=O) groups excluding carboxylic acids is 2. The number of pyridine rings is 1. The molecule has 3 heterocycles. The average molecular weight is 374 g/mol. The maximum atomic E-state index is 12.6. The molecule has 7 heteroatoms. The molecule has 0 unspecified atom stereocenters. The van der Waals surface area contributed by atoms with Crippen LogP contribution in [0.2, 0.25) is 0 Å². The summed E-state index contributed by atoms with van der Waals surface area (Å²) in [7, 11) is 1.64. The molecule has 2 saturated heterocycles. The zero-order valence-electron chi connectivity index (χ0n) is 16.1. The van der Waals surface area contributed by atoms with E-state index in [0.29, 0.717) is 24.8 Å². The van der Waals surface area contributed by atoms with E-state index in [1.165, 1.54) is 0 Å². The van der Waals surface area contributed by atoms with Crippen LogP contribution in [-0.2, 0) is 9.53 Å². The van der Waals surface area contributed by atoms with E-state index in [9.17, 15) is 9.59 Å². The van der Waals surface area contributed by atoms with E-state index in [1.807, 2.05) is 11.0 Å². The molecule has 2 fully saturated rings. The molecule has 1 aromatic heterocycles. The van der Waals surface area contributed by atoms with Crippen molar-refractivity contribution < 1.29 is 14.3 Å². The highest BCUT2D eigenvalue weighted by molar-refractivity contribution is 5.93. The third-order valence-corrected chi connectivity index (χ3v) is 5.61. The van der Waals surface area contributed by atoms with Crippen molar-refractivity contribution in [1.29, 1.82) is 0 Å². The highest BCUT2D eigenvalue weighted by Crippen LogP contribution is 2.24. The number of piperidine rings is 2. The number of aromatic nitrogens is 1. The van der Waals surface area contributed by atoms with Crippen LogP contribution in [0.5, 0.6) is 0 Å². The minimum atomic E-state index is 0.0608. The van der Waals surface area contributed by atoms with Gasteiger partial charge in [-0.05, 0) is 44.4 Å². The Balaban J connectivity index is 1.47. The third-order valence-electron chi connectivity index (χ3n) is 5.61. The van der Waals surface area contributed by atoms with E-state index in [0.717, 1.165) is 51.9 Å². The summed E-state index contributed by atoms with van der Waals surface area (Å²) in [6.07, 6.45) is 7.24. The molecule has 1 N–H and O–H groups in total. The lowest BCUT2D eigenvalue weighted by molar-refractivity contribution is -0.127. The highest BCUT2D eigenvalue weighted by Gasteiger charge is 2.32. The first kappa shape index (κ1) is 19.8. The second-order valence-electron chi connectivity index (χ2n) is 7.38. The average Bonchev–Trinajstić information content (AvgIpc) is 2.74. The van der Waals surface area contributed by atoms with Gasteiger partial charge >= 0.3 is 0 Å². The molecule has 0 aliphatic carbocycles. The molecule has 0 spiro atoms. The molecular formula is C20H30N4O3. The Kier molecular flexibility index (Phi) is 7.18. The first-order valence-corrected chi connectivity index (χ1v) is 9.89. The third kappa shape index (κ3) is 5.26. The number of nitrogens with zero attached hydrogens (tertiary/aromatic N) is 3. The number of amides is 2. The predicted molar refractivity (Wildman–Crippen MR) is 102 cm³/mol. The lowest BCUT2D eigenvalue weighted by Crippen LogP contribution is -2.51. The normalized spacial score (nSPS) is 21.8. The number of carbonyl (C=O) groups is 2. The number of hydrogen-bond acceptors (Lipinski definition) is 5. The molecule has 1 atom stereocenters. The Labute approximate surface area is 161 Å². The van der Waals surface area contributed by atoms with Crippen molar-refractivity contribution in [3.8, 4) is 0 Å². The van der Waals surface area contributed by atoms with Gasteiger partial charge in [0.2, 0.25) is 5.91 Å². The molecule has 0 aromatic carbocycles. The molecule has 7 nitrogen and oxygen atoms in total. The summed E-state index contributed by atoms with van der Waals surface area (Å²) in [6, 6.07) is 4.07. The van der Waals surface area contributed by atoms with Gasteiger partial charge in [-0.15, -0.1) is 0 Å². The van der Waals surface area contributed by atoms with E-state index in [2.05, 4.69) is 15.2 Å². The Morgan fingerprint density at radius 1 is 1.26 bits per heavy atom. The predicted octanol–water partition coefficient (Wildman–Crippen LogP) is 1.16. The summed E-state index contributed by atoms with van der Waals surface area (Å²) in [6.45, 7) is 4.51. The van der Waals surface area contributed by atoms with Gasteiger partial charge in [-0.25, -0.2) is 0 Å². The standard InChI is InChI=1S/C20H30N4O3/c1-27-13-9-22-19(25)17-5-3-10-24(15-17)18-6-11-23(12-7-18)20(26)16-4-2-8-21-14-16/h2,4,8,14,17-18H,3,5-7,9-13,15H2,1H3,(H,22,25)/t17-/m1/s1. The number of hydrogen-bond donors (Lipinski definition) is 1. The number of nitrogens with one attached hydrogen (secondary N) is 1. The SMILES string of the molecule is COCCNC(=O)[C@@H]1CCCN(C2CCN(C(=O)c3cccnc3)CC2)C1. The topological polar surface area (TPSA) is 74.8 Å². The van der Waals surface area contributed by atoms with Gasteiger partial charge < -0.3 is 15.0 Å². The maximum absolute atomic E-state index is 12.6. The smallest absolute Gasteiger partial charge is 0.255 e. The van der Waals surface area contributed by atoms with Crippen molar-refractivity contribution in [2.75, 3.05) is 46.4 Å². The lowest BCUT2D eigenvalue weighted by atomic mass is 9.93. The second kappa shape index (κ2) is 9.80. The number of rotatable bonds is 6. The van der Waals surface area contributed by atoms with E-state index < -0.39 is 0 Å². The first-order chi connectivity index (χ1) is 13.2. The highest BCUT2D eigenvalue weighted by atomic mass is 16.5. The Hall–Kier alpha value is -1.99. The Bertz CT molecular complexity index is 617. The van der Waals surface area contributed by atoms with Crippen LogP contribution < -0.4 is 5.32 Å². The van der Waals surface area contributed by atoms with Crippen LogP contribution in [0.3, 0.4) is 0 Å². The zero-order chi connectivity index (χ0) is 19.1. The molecule has 27 heavy (non-hydrogen) atoms. The van der Waals surface area contributed by atoms with Crippen LogP contribution in [0.25, 0.3) is 0 Å². The Morgan fingerprint density at radius 3 is 2.78 bits per heavy atom. The van der Waals surface area contributed by atoms with Gasteiger partial charge in [0, 0.05) is 51.7 Å². The van der Waals surface area contributed by atoms with Crippen molar-refractivity contribution in [2.45, 2.75) is 31.7 Å². The van der Waals surface area contributed by atoms with Crippen molar-refractivity contribution in [3.05, 3.63) is 30.1 Å². The molecule has 0 radical (unpaired) electrons. The zero-order valence-corrected chi connectivity index (χ0v) is 16.1. The van der Waals surface area contributed by atoms with Crippen molar-refractivity contribution in [3.63, 3.8) is 0 Å². The minimum absolute atomic E-state index is 0.0608. The van der Waals surface area contributed by atoms with Crippen molar-refractivity contribution in [1.82, 2.24) is 20.1 Å². The van der Waals surface area contributed by atoms with Crippen LogP contribution in [0.1, 0.15) is 36.0 Å². The van der Waals surface area contributed by atoms with E-state index >= 15 is 0 Å². The summed E-state index contributed by atoms with van der Waals surface area (Å²) in [5, 5.41) is 2.97. The fourth-order valence-electron chi connectivity index (χ4n) is 4.08. The minimum Gasteiger partial charge on any atom is -0.383 e. The molecule has 2 aliphatic heterocycles. The van der Waals surface area contributed by atoms with Gasteiger partial charge in [0.25, 0.3) is 5.91 Å². The van der Waals surface area contributed by atoms with Crippen LogP contribution in [0, 0.1) is 5.92 Å². The first-order valence-electron chi connectivity index (χ1n) is 9.89. The molecule has 3 rings (SSSR count). The van der Waals surface area contributed by atoms with Gasteiger partial charge in [0.15, 0.2) is 0 Å². The summed E-state index contributed by atoms with van der Waals surface area (Å²) >= 11 is 0. The van der Waals surface area contributed by atoms with Gasteiger partial charge in [-0.3, -0.25) is 19.5 Å². The maximum Gasteiger partial charge on any atom is 0.255 e. The van der Waals surface area contributed by atoms with E-state index in [4.69, 9.17) is 4.74 Å². The van der Waals surface area contributed by atoms with Crippen molar-refractivity contribution in [2.24, 2.45) is 5.92 Å². The van der Waals surface area contributed by atoms with Crippen LogP contribution in [0.4, 0.5) is 0 Å². The van der Waals surface area contributed by atoms with Gasteiger partial charge in [-0.1, -0.05) is 0 Å². The molecule has 0 bridgehead atoms. The summed E-state index contributed by atoms with van der Waals surface area (Å²) in [5.74, 6) is 0.266. The molecule has 148 valence electrons. The van der Waals surface area contributed by atoms with Gasteiger partial charge in [-0.2, -0.15) is 0 Å². The summed E-state index contributed by atoms with van der Waals surface area (Å²) < 4.78 is 5.00. The van der Waals surface area contributed by atoms with Gasteiger partial charge in [0.05, 0.1) is 18.1 Å². The van der Waals surface area contributed by atoms with Crippen LogP contribution in [0.15, 0.2) is 24.5 Å². The van der Waals surface area contributed by atoms with Gasteiger partial charge in [0.1, 0.15) is 0 Å². The quantitative estimate of drug-likeness (QED) is 0.757. The number of ether oxygens (including phenoxy) is 1. The molecular weight excluding hydrogens is 344 g/mol. The fraction of sp³-hybridized carbons (Fsp3) is 0.650. The fourth-order valence-corrected chi connectivity index (χ4v) is 4.08. The molecule has 2 amide bonds. The van der Waals surface area contributed by atoms with Crippen molar-refractivity contribution >= 4 is 11.8 Å². The number of likely N-dealkylation sites (tertiary alicyclic amines) is 2. The molecule has 2 aliphatic rings. The second-order valence-corrected chi connectivity index (χ2v) is 7.38. The number of methoxy groups -OCH3 is 1. The lowest BCUT2D eigenvalue weighted by Gasteiger charge is -2.42. The largest absolute Gasteiger partial charge is 0.383 e. The van der Waals surface area contributed by atoms with E-state index in [-0.39, 0.29) is 17.7 Å². The van der Waals surface area contributed by atoms with Crippen LogP contribution >= 0.6 is 0 Å². The van der Waals surface area contributed by atoms with Crippen LogP contribution in [-0.4, -0.2) is 79.1 Å². The summed E-state index contributed by atoms with van der Waals surface area (Å²) in [4.78, 5) is 33.3. The molecule has 0 saturated carbocycles. The van der Waals surface area contributed by atoms with E-state index in [1.54, 1.807) is 25.6 Å².